The first-order chi connectivity index (χ1) is 13.9. The molecule has 0 aliphatic heterocycles. The van der Waals surface area contributed by atoms with Gasteiger partial charge < -0.3 is 4.98 Å². The molecule has 1 N–H and O–H groups in total. The van der Waals surface area contributed by atoms with Gasteiger partial charge in [-0.2, -0.15) is 5.26 Å². The molecule has 2 aromatic carbocycles. The zero-order valence-corrected chi connectivity index (χ0v) is 15.7. The molecule has 0 saturated carbocycles. The number of halogens is 3. The van der Waals surface area contributed by atoms with Gasteiger partial charge in [0.25, 0.3) is 0 Å². The van der Waals surface area contributed by atoms with Gasteiger partial charge in [0, 0.05) is 34.6 Å². The minimum Gasteiger partial charge on any atom is -0.354 e. The van der Waals surface area contributed by atoms with Crippen LogP contribution in [0.15, 0.2) is 47.5 Å². The highest BCUT2D eigenvalue weighted by atomic mass is 35.5. The molecule has 0 aliphatic carbocycles. The number of aromatic amines is 1. The summed E-state index contributed by atoms with van der Waals surface area (Å²) in [6, 6.07) is 8.72. The molecule has 0 aliphatic rings. The van der Waals surface area contributed by atoms with E-state index < -0.39 is 17.1 Å². The van der Waals surface area contributed by atoms with E-state index in [9.17, 15) is 9.18 Å². The number of nitrogens with one attached hydrogen (secondary N) is 1. The lowest BCUT2D eigenvalue weighted by Crippen LogP contribution is -2.08. The van der Waals surface area contributed by atoms with E-state index in [0.717, 1.165) is 6.07 Å². The summed E-state index contributed by atoms with van der Waals surface area (Å²) in [5.41, 5.74) is 0.0199. The van der Waals surface area contributed by atoms with Crippen LogP contribution in [0.1, 0.15) is 11.4 Å². The summed E-state index contributed by atoms with van der Waals surface area (Å²) in [6.45, 7) is 1.65. The summed E-state index contributed by atoms with van der Waals surface area (Å²) in [7, 11) is 0. The molecule has 0 radical (unpaired) electrons. The maximum atomic E-state index is 15.1. The molecule has 5 nitrogen and oxygen atoms in total. The molecule has 2 aromatic heterocycles. The Morgan fingerprint density at radius 1 is 1.14 bits per heavy atom. The molecular formula is C21H11ClF2N4O. The van der Waals surface area contributed by atoms with Crippen LogP contribution in [0.2, 0.25) is 5.02 Å². The minimum absolute atomic E-state index is 0.0299. The Morgan fingerprint density at radius 3 is 2.55 bits per heavy atom. The van der Waals surface area contributed by atoms with Crippen molar-refractivity contribution in [2.75, 3.05) is 0 Å². The smallest absolute Gasteiger partial charge is 0.193 e. The fourth-order valence-corrected chi connectivity index (χ4v) is 3.30. The third-order valence-corrected chi connectivity index (χ3v) is 4.79. The first-order valence-electron chi connectivity index (χ1n) is 8.43. The Morgan fingerprint density at radius 2 is 1.86 bits per heavy atom. The summed E-state index contributed by atoms with van der Waals surface area (Å²) >= 11 is 6.18. The highest BCUT2D eigenvalue weighted by Gasteiger charge is 2.20. The van der Waals surface area contributed by atoms with Crippen molar-refractivity contribution in [2.24, 2.45) is 0 Å². The van der Waals surface area contributed by atoms with Crippen molar-refractivity contribution in [3.05, 3.63) is 81.0 Å². The number of rotatable bonds is 2. The average Bonchev–Trinajstić information content (AvgIpc) is 2.69. The van der Waals surface area contributed by atoms with Crippen LogP contribution in [0.4, 0.5) is 8.78 Å². The number of nitriles is 1. The number of hydrogen-bond donors (Lipinski definition) is 1. The number of H-pyrrole nitrogens is 1. The monoisotopic (exact) mass is 408 g/mol. The van der Waals surface area contributed by atoms with Crippen molar-refractivity contribution in [1.82, 2.24) is 15.0 Å². The van der Waals surface area contributed by atoms with Gasteiger partial charge in [-0.1, -0.05) is 11.6 Å². The van der Waals surface area contributed by atoms with Crippen molar-refractivity contribution in [1.29, 1.82) is 5.26 Å². The van der Waals surface area contributed by atoms with Crippen molar-refractivity contribution in [2.45, 2.75) is 6.92 Å². The largest absolute Gasteiger partial charge is 0.354 e. The van der Waals surface area contributed by atoms with E-state index in [2.05, 4.69) is 15.0 Å². The van der Waals surface area contributed by atoms with Gasteiger partial charge in [0.15, 0.2) is 5.43 Å². The molecule has 0 fully saturated rings. The number of pyridine rings is 1. The zero-order chi connectivity index (χ0) is 20.7. The Hall–Kier alpha value is -3.63. The number of benzene rings is 2. The standard InChI is InChI=1S/C21H11ClF2N4O/c1-10-26-8-12(9-27-10)19-15(23)5-17-20(21(19)24)18(29)6-16(28-17)13-4-11(7-25)2-3-14(13)22/h2-6,8-9H,1H3,(H,28,29). The van der Waals surface area contributed by atoms with Gasteiger partial charge in [-0.3, -0.25) is 4.79 Å². The Kier molecular flexibility index (Phi) is 4.57. The van der Waals surface area contributed by atoms with Crippen LogP contribution < -0.4 is 5.43 Å². The third-order valence-electron chi connectivity index (χ3n) is 4.46. The molecule has 142 valence electrons. The van der Waals surface area contributed by atoms with Gasteiger partial charge in [-0.25, -0.2) is 18.7 Å². The summed E-state index contributed by atoms with van der Waals surface area (Å²) in [6.07, 6.45) is 2.59. The zero-order valence-electron chi connectivity index (χ0n) is 14.9. The second-order valence-corrected chi connectivity index (χ2v) is 6.75. The highest BCUT2D eigenvalue weighted by Crippen LogP contribution is 2.32. The van der Waals surface area contributed by atoms with Crippen molar-refractivity contribution in [3.8, 4) is 28.5 Å². The molecule has 0 amide bonds. The van der Waals surface area contributed by atoms with Crippen molar-refractivity contribution in [3.63, 3.8) is 0 Å². The van der Waals surface area contributed by atoms with E-state index >= 15 is 4.39 Å². The molecule has 29 heavy (non-hydrogen) atoms. The molecule has 4 rings (SSSR count). The molecule has 8 heteroatoms. The van der Waals surface area contributed by atoms with E-state index in [-0.39, 0.29) is 32.7 Å². The van der Waals surface area contributed by atoms with Crippen LogP contribution in [-0.2, 0) is 0 Å². The first-order valence-corrected chi connectivity index (χ1v) is 8.81. The fraction of sp³-hybridized carbons (Fsp3) is 0.0476. The van der Waals surface area contributed by atoms with Crippen LogP contribution in [0.25, 0.3) is 33.3 Å². The summed E-state index contributed by atoms with van der Waals surface area (Å²) in [4.78, 5) is 23.4. The molecule has 4 aromatic rings. The van der Waals surface area contributed by atoms with Crippen LogP contribution in [0.5, 0.6) is 0 Å². The number of hydrogen-bond acceptors (Lipinski definition) is 4. The van der Waals surface area contributed by atoms with Crippen molar-refractivity contribution < 1.29 is 8.78 Å². The normalized spacial score (nSPS) is 10.9. The maximum absolute atomic E-state index is 15.1. The third kappa shape index (κ3) is 3.24. The molecule has 0 bridgehead atoms. The molecule has 0 atom stereocenters. The number of aryl methyl sites for hydroxylation is 1. The van der Waals surface area contributed by atoms with E-state index in [4.69, 9.17) is 16.9 Å². The first kappa shape index (κ1) is 18.7. The molecule has 2 heterocycles. The van der Waals surface area contributed by atoms with Crippen LogP contribution >= 0.6 is 11.6 Å². The lowest BCUT2D eigenvalue weighted by molar-refractivity contribution is 0.597. The lowest BCUT2D eigenvalue weighted by Gasteiger charge is -2.11. The average molecular weight is 409 g/mol. The highest BCUT2D eigenvalue weighted by molar-refractivity contribution is 6.33. The van der Waals surface area contributed by atoms with Gasteiger partial charge >= 0.3 is 0 Å². The van der Waals surface area contributed by atoms with E-state index in [1.807, 2.05) is 6.07 Å². The SMILES string of the molecule is Cc1ncc(-c2c(F)cc3[nH]c(-c4cc(C#N)ccc4Cl)cc(=O)c3c2F)cn1. The number of fused-ring (bicyclic) bond motifs is 1. The maximum Gasteiger partial charge on any atom is 0.193 e. The van der Waals surface area contributed by atoms with Crippen LogP contribution in [0.3, 0.4) is 0 Å². The summed E-state index contributed by atoms with van der Waals surface area (Å²) < 4.78 is 29.9. The number of aromatic nitrogens is 3. The summed E-state index contributed by atoms with van der Waals surface area (Å²) in [5, 5.41) is 9.07. The lowest BCUT2D eigenvalue weighted by atomic mass is 10.0. The molecular weight excluding hydrogens is 398 g/mol. The van der Waals surface area contributed by atoms with Gasteiger partial charge in [0.2, 0.25) is 0 Å². The van der Waals surface area contributed by atoms with E-state index in [0.29, 0.717) is 17.0 Å². The second kappa shape index (κ2) is 7.08. The predicted molar refractivity (Wildman–Crippen MR) is 105 cm³/mol. The Bertz CT molecular complexity index is 1380. The van der Waals surface area contributed by atoms with Crippen LogP contribution in [0, 0.1) is 29.9 Å². The van der Waals surface area contributed by atoms with Crippen molar-refractivity contribution >= 4 is 22.5 Å². The van der Waals surface area contributed by atoms with E-state index in [1.165, 1.54) is 36.7 Å². The van der Waals surface area contributed by atoms with Gasteiger partial charge in [-0.05, 0) is 31.2 Å². The minimum atomic E-state index is -1.00. The molecule has 0 saturated heterocycles. The summed E-state index contributed by atoms with van der Waals surface area (Å²) in [5.74, 6) is -1.42. The van der Waals surface area contributed by atoms with Gasteiger partial charge in [0.05, 0.1) is 33.8 Å². The Balaban J connectivity index is 1.98. The molecule has 0 unspecified atom stereocenters. The quantitative estimate of drug-likeness (QED) is 0.518. The van der Waals surface area contributed by atoms with Gasteiger partial charge in [-0.15, -0.1) is 0 Å². The predicted octanol–water partition coefficient (Wildman–Crippen LogP) is 4.76. The second-order valence-electron chi connectivity index (χ2n) is 6.34. The molecule has 0 spiro atoms. The fourth-order valence-electron chi connectivity index (χ4n) is 3.08. The van der Waals surface area contributed by atoms with E-state index in [1.54, 1.807) is 6.92 Å². The topological polar surface area (TPSA) is 82.4 Å². The Labute approximate surface area is 168 Å². The van der Waals surface area contributed by atoms with Gasteiger partial charge in [0.1, 0.15) is 17.5 Å². The van der Waals surface area contributed by atoms with Crippen LogP contribution in [-0.4, -0.2) is 15.0 Å². The number of nitrogens with zero attached hydrogens (tertiary/aromatic N) is 3.